The van der Waals surface area contributed by atoms with Crippen molar-refractivity contribution in [1.82, 2.24) is 20.2 Å². The molecule has 31 heavy (non-hydrogen) atoms. The molecule has 3 aromatic carbocycles. The quantitative estimate of drug-likeness (QED) is 0.506. The van der Waals surface area contributed by atoms with Crippen LogP contribution in [0.4, 0.5) is 4.79 Å². The number of nitrogens with zero attached hydrogens (tertiary/aromatic N) is 2. The van der Waals surface area contributed by atoms with Gasteiger partial charge < -0.3 is 10.3 Å². The monoisotopic (exact) mass is 410 g/mol. The third kappa shape index (κ3) is 2.98. The highest BCUT2D eigenvalue weighted by Crippen LogP contribution is 2.36. The molecule has 5 rings (SSSR count). The van der Waals surface area contributed by atoms with Crippen molar-refractivity contribution < 1.29 is 9.59 Å². The van der Waals surface area contributed by atoms with Crippen molar-refractivity contribution in [1.29, 1.82) is 0 Å². The highest BCUT2D eigenvalue weighted by molar-refractivity contribution is 6.09. The number of aromatic amines is 1. The minimum Gasteiger partial charge on any atom is -0.315 e. The Labute approximate surface area is 177 Å². The van der Waals surface area contributed by atoms with Crippen LogP contribution < -0.4 is 10.9 Å². The van der Waals surface area contributed by atoms with Crippen LogP contribution in [0.25, 0.3) is 10.9 Å². The predicted octanol–water partition coefficient (Wildman–Crippen LogP) is 2.92. The number of carbonyl (C=O) groups is 2. The van der Waals surface area contributed by atoms with E-state index in [1.165, 1.54) is 0 Å². The standard InChI is InChI=1S/C24H18N4O3/c29-21-18-13-7-8-14-19(18)25-20(26-21)15-28-22(30)24(27-23(28)31,16-9-3-1-4-10-16)17-11-5-2-6-12-17/h1-14H,15H2,(H,27,31)(H,25,26,29). The van der Waals surface area contributed by atoms with Gasteiger partial charge in [0, 0.05) is 0 Å². The lowest BCUT2D eigenvalue weighted by molar-refractivity contribution is -0.130. The van der Waals surface area contributed by atoms with Gasteiger partial charge in [-0.05, 0) is 23.3 Å². The summed E-state index contributed by atoms with van der Waals surface area (Å²) >= 11 is 0. The molecule has 0 unspecified atom stereocenters. The lowest BCUT2D eigenvalue weighted by Crippen LogP contribution is -2.45. The third-order valence-corrected chi connectivity index (χ3v) is 5.49. The first kappa shape index (κ1) is 18.7. The smallest absolute Gasteiger partial charge is 0.315 e. The lowest BCUT2D eigenvalue weighted by Gasteiger charge is -2.28. The summed E-state index contributed by atoms with van der Waals surface area (Å²) in [5.41, 5.74) is 0.149. The maximum Gasteiger partial charge on any atom is 0.325 e. The Bertz CT molecular complexity index is 1310. The number of urea groups is 1. The zero-order valence-corrected chi connectivity index (χ0v) is 16.4. The second kappa shape index (κ2) is 7.21. The van der Waals surface area contributed by atoms with E-state index in [0.29, 0.717) is 22.0 Å². The first-order chi connectivity index (χ1) is 15.1. The van der Waals surface area contributed by atoms with Crippen LogP contribution in [-0.2, 0) is 16.9 Å². The lowest BCUT2D eigenvalue weighted by atomic mass is 9.82. The molecule has 1 aliphatic rings. The summed E-state index contributed by atoms with van der Waals surface area (Å²) in [6.45, 7) is -0.147. The van der Waals surface area contributed by atoms with Crippen LogP contribution in [0.15, 0.2) is 89.7 Å². The normalized spacial score (nSPS) is 15.3. The Balaban J connectivity index is 1.59. The van der Waals surface area contributed by atoms with Crippen LogP contribution in [0.1, 0.15) is 17.0 Å². The number of benzene rings is 3. The van der Waals surface area contributed by atoms with Gasteiger partial charge in [-0.2, -0.15) is 0 Å². The predicted molar refractivity (Wildman–Crippen MR) is 115 cm³/mol. The molecule has 2 N–H and O–H groups in total. The van der Waals surface area contributed by atoms with Crippen molar-refractivity contribution in [2.45, 2.75) is 12.1 Å². The highest BCUT2D eigenvalue weighted by atomic mass is 16.2. The van der Waals surface area contributed by atoms with Gasteiger partial charge in [-0.3, -0.25) is 14.5 Å². The van der Waals surface area contributed by atoms with Gasteiger partial charge in [0.2, 0.25) is 0 Å². The zero-order chi connectivity index (χ0) is 21.4. The fraction of sp³-hybridized carbons (Fsp3) is 0.0833. The van der Waals surface area contributed by atoms with Gasteiger partial charge in [0.25, 0.3) is 11.5 Å². The van der Waals surface area contributed by atoms with Crippen molar-refractivity contribution in [2.75, 3.05) is 0 Å². The van der Waals surface area contributed by atoms with Crippen LogP contribution in [0.3, 0.4) is 0 Å². The number of nitrogens with one attached hydrogen (secondary N) is 2. The molecule has 0 radical (unpaired) electrons. The first-order valence-electron chi connectivity index (χ1n) is 9.83. The summed E-state index contributed by atoms with van der Waals surface area (Å²) in [5.74, 6) is -0.185. The minimum absolute atomic E-state index is 0.147. The Hall–Kier alpha value is -4.26. The molecule has 0 aliphatic carbocycles. The topological polar surface area (TPSA) is 95.2 Å². The Morgan fingerprint density at radius 1 is 0.774 bits per heavy atom. The Morgan fingerprint density at radius 2 is 1.35 bits per heavy atom. The molecular weight excluding hydrogens is 392 g/mol. The van der Waals surface area contributed by atoms with Crippen LogP contribution in [0, 0.1) is 0 Å². The number of carbonyl (C=O) groups excluding carboxylic acids is 2. The molecule has 4 aromatic rings. The van der Waals surface area contributed by atoms with Crippen molar-refractivity contribution in [3.63, 3.8) is 0 Å². The van der Waals surface area contributed by atoms with Crippen molar-refractivity contribution in [3.05, 3.63) is 112 Å². The summed E-state index contributed by atoms with van der Waals surface area (Å²) in [7, 11) is 0. The molecule has 1 aliphatic heterocycles. The molecule has 7 heteroatoms. The molecule has 152 valence electrons. The second-order valence-corrected chi connectivity index (χ2v) is 7.33. The van der Waals surface area contributed by atoms with Crippen LogP contribution in [-0.4, -0.2) is 26.8 Å². The molecule has 1 fully saturated rings. The maximum atomic E-state index is 13.7. The van der Waals surface area contributed by atoms with E-state index < -0.39 is 17.5 Å². The van der Waals surface area contributed by atoms with Crippen LogP contribution >= 0.6 is 0 Å². The number of rotatable bonds is 4. The van der Waals surface area contributed by atoms with Gasteiger partial charge in [0.05, 0.1) is 17.4 Å². The fourth-order valence-electron chi connectivity index (χ4n) is 4.01. The number of aromatic nitrogens is 2. The summed E-state index contributed by atoms with van der Waals surface area (Å²) in [4.78, 5) is 47.3. The molecule has 2 heterocycles. The molecule has 3 amide bonds. The largest absolute Gasteiger partial charge is 0.325 e. The third-order valence-electron chi connectivity index (χ3n) is 5.49. The Morgan fingerprint density at radius 3 is 2.00 bits per heavy atom. The van der Waals surface area contributed by atoms with Crippen molar-refractivity contribution in [3.8, 4) is 0 Å². The number of fused-ring (bicyclic) bond motifs is 1. The second-order valence-electron chi connectivity index (χ2n) is 7.33. The van der Waals surface area contributed by atoms with E-state index in [9.17, 15) is 14.4 Å². The average molecular weight is 410 g/mol. The summed E-state index contributed by atoms with van der Waals surface area (Å²) in [6, 6.07) is 24.6. The van der Waals surface area contributed by atoms with Gasteiger partial charge >= 0.3 is 6.03 Å². The summed E-state index contributed by atoms with van der Waals surface area (Å²) in [6.07, 6.45) is 0. The molecule has 7 nitrogen and oxygen atoms in total. The number of hydrogen-bond acceptors (Lipinski definition) is 4. The maximum absolute atomic E-state index is 13.7. The van der Waals surface area contributed by atoms with E-state index in [-0.39, 0.29) is 17.9 Å². The van der Waals surface area contributed by atoms with Gasteiger partial charge in [-0.15, -0.1) is 0 Å². The molecule has 0 bridgehead atoms. The molecule has 0 saturated carbocycles. The van der Waals surface area contributed by atoms with Gasteiger partial charge in [0.1, 0.15) is 5.82 Å². The van der Waals surface area contributed by atoms with Crippen molar-refractivity contribution >= 4 is 22.8 Å². The zero-order valence-electron chi connectivity index (χ0n) is 16.4. The number of imide groups is 1. The van der Waals surface area contributed by atoms with Gasteiger partial charge in [-0.25, -0.2) is 9.78 Å². The van der Waals surface area contributed by atoms with Crippen LogP contribution in [0.5, 0.6) is 0 Å². The summed E-state index contributed by atoms with van der Waals surface area (Å²) in [5, 5.41) is 3.34. The van der Waals surface area contributed by atoms with E-state index in [0.717, 1.165) is 4.90 Å². The molecule has 0 spiro atoms. The van der Waals surface area contributed by atoms with Crippen LogP contribution in [0.2, 0.25) is 0 Å². The van der Waals surface area contributed by atoms with Crippen molar-refractivity contribution in [2.24, 2.45) is 0 Å². The van der Waals surface area contributed by atoms with Gasteiger partial charge in [-0.1, -0.05) is 72.8 Å². The van der Waals surface area contributed by atoms with Gasteiger partial charge in [0.15, 0.2) is 5.54 Å². The summed E-state index contributed by atoms with van der Waals surface area (Å²) < 4.78 is 0. The fourth-order valence-corrected chi connectivity index (χ4v) is 4.01. The van der Waals surface area contributed by atoms with E-state index in [1.807, 2.05) is 60.7 Å². The Kier molecular flexibility index (Phi) is 4.36. The molecule has 1 saturated heterocycles. The first-order valence-corrected chi connectivity index (χ1v) is 9.83. The van der Waals surface area contributed by atoms with E-state index in [1.54, 1.807) is 24.3 Å². The average Bonchev–Trinajstić information content (AvgIpc) is 3.06. The van der Waals surface area contributed by atoms with E-state index in [2.05, 4.69) is 15.3 Å². The molecule has 0 atom stereocenters. The number of amides is 3. The molecule has 1 aromatic heterocycles. The highest BCUT2D eigenvalue weighted by Gasteiger charge is 2.53. The molecular formula is C24H18N4O3. The van der Waals surface area contributed by atoms with E-state index in [4.69, 9.17) is 0 Å². The number of hydrogen-bond donors (Lipinski definition) is 2. The van der Waals surface area contributed by atoms with E-state index >= 15 is 0 Å². The number of H-pyrrole nitrogens is 1. The SMILES string of the molecule is O=C1NC(c2ccccc2)(c2ccccc2)C(=O)N1Cc1nc2ccccc2c(=O)[nH]1. The minimum atomic E-state index is -1.35. The number of para-hydroxylation sites is 1.